The van der Waals surface area contributed by atoms with E-state index in [2.05, 4.69) is 18.8 Å². The van der Waals surface area contributed by atoms with Crippen molar-refractivity contribution < 1.29 is 23.9 Å². The summed E-state index contributed by atoms with van der Waals surface area (Å²) in [6, 6.07) is 1.82. The number of rotatable bonds is 6. The molecule has 8 heteroatoms. The summed E-state index contributed by atoms with van der Waals surface area (Å²) in [7, 11) is 1.32. The van der Waals surface area contributed by atoms with Crippen LogP contribution in [-0.2, 0) is 25.5 Å². The number of thiophene rings is 1. The quantitative estimate of drug-likeness (QED) is 0.482. The van der Waals surface area contributed by atoms with Crippen molar-refractivity contribution in [2.24, 2.45) is 11.8 Å². The first kappa shape index (κ1) is 24.3. The Morgan fingerprint density at radius 2 is 1.91 bits per heavy atom. The van der Waals surface area contributed by atoms with E-state index in [1.54, 1.807) is 11.8 Å². The van der Waals surface area contributed by atoms with E-state index in [4.69, 9.17) is 9.47 Å². The fourth-order valence-corrected chi connectivity index (χ4v) is 5.21. The molecule has 174 valence electrons. The molecule has 2 fully saturated rings. The number of anilines is 1. The number of carbonyl (C=O) groups excluding carboxylic acids is 3. The van der Waals surface area contributed by atoms with Gasteiger partial charge in [-0.05, 0) is 44.6 Å². The third-order valence-electron chi connectivity index (χ3n) is 6.15. The topological polar surface area (TPSA) is 76.2 Å². The van der Waals surface area contributed by atoms with Gasteiger partial charge in [0.2, 0.25) is 11.8 Å². The van der Waals surface area contributed by atoms with Gasteiger partial charge in [-0.2, -0.15) is 0 Å². The smallest absolute Gasteiger partial charge is 0.350 e. The summed E-state index contributed by atoms with van der Waals surface area (Å²) in [5, 5.41) is 0. The van der Waals surface area contributed by atoms with Gasteiger partial charge in [0.05, 0.1) is 26.0 Å². The molecule has 0 spiro atoms. The SMILES string of the molecule is CC#CCc1cc(N(CC(=O)N2CCOCC2)C(=O)C2CCC(C)CC2)c(C(=O)OC)s1. The van der Waals surface area contributed by atoms with Gasteiger partial charge in [-0.1, -0.05) is 12.8 Å². The van der Waals surface area contributed by atoms with Gasteiger partial charge in [-0.3, -0.25) is 9.59 Å². The van der Waals surface area contributed by atoms with E-state index in [0.717, 1.165) is 30.6 Å². The first-order chi connectivity index (χ1) is 15.4. The average Bonchev–Trinajstić information content (AvgIpc) is 3.25. The van der Waals surface area contributed by atoms with Crippen LogP contribution >= 0.6 is 11.3 Å². The van der Waals surface area contributed by atoms with E-state index in [9.17, 15) is 14.4 Å². The van der Waals surface area contributed by atoms with Crippen molar-refractivity contribution in [2.75, 3.05) is 44.9 Å². The molecule has 1 aliphatic carbocycles. The fraction of sp³-hybridized carbons (Fsp3) is 0.625. The second kappa shape index (κ2) is 11.5. The first-order valence-corrected chi connectivity index (χ1v) is 12.0. The van der Waals surface area contributed by atoms with E-state index in [1.165, 1.54) is 23.3 Å². The summed E-state index contributed by atoms with van der Waals surface area (Å²) in [5.41, 5.74) is 0.458. The summed E-state index contributed by atoms with van der Waals surface area (Å²) in [5.74, 6) is 5.60. The summed E-state index contributed by atoms with van der Waals surface area (Å²) in [6.07, 6.45) is 4.06. The number of methoxy groups -OCH3 is 1. The Morgan fingerprint density at radius 1 is 1.22 bits per heavy atom. The zero-order valence-electron chi connectivity index (χ0n) is 19.1. The van der Waals surface area contributed by atoms with Gasteiger partial charge in [0.15, 0.2) is 0 Å². The van der Waals surface area contributed by atoms with Gasteiger partial charge in [-0.15, -0.1) is 17.3 Å². The molecular weight excluding hydrogens is 428 g/mol. The van der Waals surface area contributed by atoms with Gasteiger partial charge < -0.3 is 19.3 Å². The minimum Gasteiger partial charge on any atom is -0.465 e. The lowest BCUT2D eigenvalue weighted by Gasteiger charge is -2.33. The van der Waals surface area contributed by atoms with E-state index >= 15 is 0 Å². The third kappa shape index (κ3) is 5.90. The van der Waals surface area contributed by atoms with Crippen LogP contribution < -0.4 is 4.90 Å². The Labute approximate surface area is 194 Å². The molecular formula is C24H32N2O5S. The highest BCUT2D eigenvalue weighted by Crippen LogP contribution is 2.35. The Kier molecular flexibility index (Phi) is 8.71. The molecule has 1 saturated heterocycles. The van der Waals surface area contributed by atoms with Crippen LogP contribution in [0.2, 0.25) is 0 Å². The number of hydrogen-bond donors (Lipinski definition) is 0. The highest BCUT2D eigenvalue weighted by Gasteiger charge is 2.34. The molecule has 2 aliphatic rings. The molecule has 0 aromatic carbocycles. The van der Waals surface area contributed by atoms with E-state index in [-0.39, 0.29) is 24.3 Å². The van der Waals surface area contributed by atoms with Crippen LogP contribution in [0.15, 0.2) is 6.07 Å². The summed E-state index contributed by atoms with van der Waals surface area (Å²) < 4.78 is 10.3. The fourth-order valence-electron chi connectivity index (χ4n) is 4.19. The molecule has 0 N–H and O–H groups in total. The molecule has 1 aromatic rings. The van der Waals surface area contributed by atoms with Crippen molar-refractivity contribution in [3.63, 3.8) is 0 Å². The third-order valence-corrected chi connectivity index (χ3v) is 7.26. The van der Waals surface area contributed by atoms with Crippen LogP contribution in [0.1, 0.15) is 54.1 Å². The lowest BCUT2D eigenvalue weighted by atomic mass is 9.82. The van der Waals surface area contributed by atoms with E-state index in [1.807, 2.05) is 6.07 Å². The van der Waals surface area contributed by atoms with Crippen molar-refractivity contribution in [2.45, 2.75) is 46.0 Å². The second-order valence-electron chi connectivity index (χ2n) is 8.40. The summed E-state index contributed by atoms with van der Waals surface area (Å²) in [4.78, 5) is 43.8. The molecule has 3 rings (SSSR count). The molecule has 2 amide bonds. The Balaban J connectivity index is 1.94. The van der Waals surface area contributed by atoms with Crippen molar-refractivity contribution in [3.05, 3.63) is 15.8 Å². The van der Waals surface area contributed by atoms with Crippen molar-refractivity contribution in [1.29, 1.82) is 0 Å². The molecule has 32 heavy (non-hydrogen) atoms. The van der Waals surface area contributed by atoms with Gasteiger partial charge in [0.25, 0.3) is 0 Å². The van der Waals surface area contributed by atoms with Crippen molar-refractivity contribution >= 4 is 34.8 Å². The van der Waals surface area contributed by atoms with Gasteiger partial charge in [0, 0.05) is 30.3 Å². The van der Waals surface area contributed by atoms with Gasteiger partial charge >= 0.3 is 5.97 Å². The number of morpholine rings is 1. The van der Waals surface area contributed by atoms with Crippen LogP contribution in [0.4, 0.5) is 5.69 Å². The van der Waals surface area contributed by atoms with E-state index < -0.39 is 5.97 Å². The zero-order valence-corrected chi connectivity index (χ0v) is 20.0. The average molecular weight is 461 g/mol. The lowest BCUT2D eigenvalue weighted by molar-refractivity contribution is -0.135. The number of amides is 2. The van der Waals surface area contributed by atoms with Crippen LogP contribution in [0.25, 0.3) is 0 Å². The van der Waals surface area contributed by atoms with Crippen LogP contribution in [0.5, 0.6) is 0 Å². The molecule has 1 aromatic heterocycles. The molecule has 7 nitrogen and oxygen atoms in total. The number of ether oxygens (including phenoxy) is 2. The number of hydrogen-bond acceptors (Lipinski definition) is 6. The monoisotopic (exact) mass is 460 g/mol. The van der Waals surface area contributed by atoms with E-state index in [0.29, 0.717) is 49.2 Å². The standard InChI is InChI=1S/C24H32N2O5S/c1-4-5-6-19-15-20(22(32-19)24(29)30-3)26(16-21(27)25-11-13-31-14-12-25)23(28)18-9-7-17(2)8-10-18/h15,17-18H,6-14,16H2,1-3H3. The van der Waals surface area contributed by atoms with Crippen LogP contribution in [-0.4, -0.2) is 62.6 Å². The maximum Gasteiger partial charge on any atom is 0.350 e. The second-order valence-corrected chi connectivity index (χ2v) is 9.53. The Bertz CT molecular complexity index is 886. The summed E-state index contributed by atoms with van der Waals surface area (Å²) >= 11 is 1.27. The molecule has 2 heterocycles. The maximum absolute atomic E-state index is 13.7. The lowest BCUT2D eigenvalue weighted by Crippen LogP contribution is -2.49. The maximum atomic E-state index is 13.7. The van der Waals surface area contributed by atoms with Gasteiger partial charge in [-0.25, -0.2) is 4.79 Å². The van der Waals surface area contributed by atoms with Gasteiger partial charge in [0.1, 0.15) is 11.4 Å². The molecule has 0 bridgehead atoms. The Morgan fingerprint density at radius 3 is 2.53 bits per heavy atom. The van der Waals surface area contributed by atoms with Crippen molar-refractivity contribution in [1.82, 2.24) is 4.90 Å². The number of nitrogens with zero attached hydrogens (tertiary/aromatic N) is 2. The highest BCUT2D eigenvalue weighted by molar-refractivity contribution is 7.14. The summed E-state index contributed by atoms with van der Waals surface area (Å²) in [6.45, 7) is 5.87. The number of carbonyl (C=O) groups is 3. The minimum absolute atomic E-state index is 0.0883. The zero-order chi connectivity index (χ0) is 23.1. The first-order valence-electron chi connectivity index (χ1n) is 11.2. The largest absolute Gasteiger partial charge is 0.465 e. The van der Waals surface area contributed by atoms with Crippen molar-refractivity contribution in [3.8, 4) is 11.8 Å². The minimum atomic E-state index is -0.505. The highest BCUT2D eigenvalue weighted by atomic mass is 32.1. The normalized spacial score (nSPS) is 20.8. The molecule has 1 aliphatic heterocycles. The molecule has 0 unspecified atom stereocenters. The molecule has 0 radical (unpaired) electrons. The van der Waals surface area contributed by atoms with Crippen LogP contribution in [0, 0.1) is 23.7 Å². The Hall–Kier alpha value is -2.37. The van der Waals surface area contributed by atoms with Crippen LogP contribution in [0.3, 0.4) is 0 Å². The molecule has 1 saturated carbocycles. The number of esters is 1. The predicted molar refractivity (Wildman–Crippen MR) is 124 cm³/mol. The molecule has 0 atom stereocenters. The predicted octanol–water partition coefficient (Wildman–Crippen LogP) is 3.12.